The summed E-state index contributed by atoms with van der Waals surface area (Å²) in [4.78, 5) is 0. The van der Waals surface area contributed by atoms with Crippen molar-refractivity contribution in [2.24, 2.45) is 0 Å². The maximum Gasteiger partial charge on any atom is 0.500 e. The number of alkyl halides is 3. The van der Waals surface area contributed by atoms with E-state index >= 15 is 0 Å². The molecule has 22 heavy (non-hydrogen) atoms. The molecule has 0 amide bonds. The van der Waals surface area contributed by atoms with Gasteiger partial charge >= 0.3 is 5.51 Å². The van der Waals surface area contributed by atoms with Gasteiger partial charge < -0.3 is 0 Å². The molecule has 7 nitrogen and oxygen atoms in total. The molecular formula is C11H23F3N5O2S+. The van der Waals surface area contributed by atoms with Crippen molar-refractivity contribution in [3.05, 3.63) is 0 Å². The van der Waals surface area contributed by atoms with Gasteiger partial charge in [-0.1, -0.05) is 13.3 Å². The van der Waals surface area contributed by atoms with Gasteiger partial charge in [0, 0.05) is 12.8 Å². The number of sulfone groups is 1. The van der Waals surface area contributed by atoms with E-state index in [9.17, 15) is 21.6 Å². The summed E-state index contributed by atoms with van der Waals surface area (Å²) in [6.07, 6.45) is 4.53. The van der Waals surface area contributed by atoms with Crippen molar-refractivity contribution in [2.75, 3.05) is 19.6 Å². The molecule has 0 spiro atoms. The fourth-order valence-electron chi connectivity index (χ4n) is 3.06. The Morgan fingerprint density at radius 1 is 1.23 bits per heavy atom. The van der Waals surface area contributed by atoms with E-state index in [1.165, 1.54) is 5.12 Å². The van der Waals surface area contributed by atoms with Crippen LogP contribution in [0, 0.1) is 0 Å². The summed E-state index contributed by atoms with van der Waals surface area (Å²) < 4.78 is 62.3. The molecule has 1 unspecified atom stereocenters. The first-order valence-corrected chi connectivity index (χ1v) is 9.01. The van der Waals surface area contributed by atoms with Crippen LogP contribution in [-0.4, -0.2) is 48.8 Å². The van der Waals surface area contributed by atoms with E-state index in [0.717, 1.165) is 32.1 Å². The standard InChI is InChI=1S/C11H23F3N5O2S/c1-2-3-4-7-19(8-5-6-9-19)18-10(15-16-17-18)22(20,21)11(12,13)14/h10,15-17H,2-9H2,1H3/q+1. The van der Waals surface area contributed by atoms with Gasteiger partial charge in [0.1, 0.15) is 0 Å². The predicted molar refractivity (Wildman–Crippen MR) is 73.6 cm³/mol. The molecule has 0 aromatic heterocycles. The van der Waals surface area contributed by atoms with E-state index in [0.29, 0.717) is 19.6 Å². The third-order valence-electron chi connectivity index (χ3n) is 4.24. The lowest BCUT2D eigenvalue weighted by molar-refractivity contribution is -1.03. The highest BCUT2D eigenvalue weighted by Crippen LogP contribution is 2.32. The number of nitrogens with zero attached hydrogens (tertiary/aromatic N) is 2. The quantitative estimate of drug-likeness (QED) is 0.487. The Bertz CT molecular complexity index is 479. The average molecular weight is 346 g/mol. The molecule has 2 aliphatic rings. The Hall–Kier alpha value is -0.460. The van der Waals surface area contributed by atoms with Crippen LogP contribution in [0.2, 0.25) is 0 Å². The van der Waals surface area contributed by atoms with Crippen LogP contribution in [0.1, 0.15) is 39.0 Å². The van der Waals surface area contributed by atoms with E-state index < -0.39 is 20.8 Å². The van der Waals surface area contributed by atoms with Crippen molar-refractivity contribution in [1.82, 2.24) is 21.6 Å². The van der Waals surface area contributed by atoms with Crippen molar-refractivity contribution in [1.29, 1.82) is 0 Å². The third-order valence-corrected chi connectivity index (χ3v) is 5.79. The van der Waals surface area contributed by atoms with Gasteiger partial charge in [0.15, 0.2) is 0 Å². The smallest absolute Gasteiger partial charge is 0.225 e. The van der Waals surface area contributed by atoms with E-state index in [1.807, 2.05) is 6.92 Å². The number of likely N-dealkylation sites (tertiary alicyclic amines) is 1. The second-order valence-electron chi connectivity index (χ2n) is 5.75. The number of rotatable bonds is 6. The monoisotopic (exact) mass is 346 g/mol. The van der Waals surface area contributed by atoms with Crippen molar-refractivity contribution in [2.45, 2.75) is 50.0 Å². The van der Waals surface area contributed by atoms with Crippen LogP contribution < -0.4 is 16.5 Å². The highest BCUT2D eigenvalue weighted by molar-refractivity contribution is 7.92. The minimum absolute atomic E-state index is 0.208. The van der Waals surface area contributed by atoms with Gasteiger partial charge in [0.05, 0.1) is 19.6 Å². The number of unbranched alkanes of at least 4 members (excludes halogenated alkanes) is 2. The van der Waals surface area contributed by atoms with E-state index in [-0.39, 0.29) is 4.59 Å². The summed E-state index contributed by atoms with van der Waals surface area (Å²) in [5.41, 5.74) is -0.0996. The lowest BCUT2D eigenvalue weighted by Crippen LogP contribution is -2.67. The number of hydrogen-bond donors (Lipinski definition) is 3. The van der Waals surface area contributed by atoms with Gasteiger partial charge in [0.25, 0.3) is 15.3 Å². The van der Waals surface area contributed by atoms with Crippen LogP contribution in [0.3, 0.4) is 0 Å². The largest absolute Gasteiger partial charge is 0.500 e. The zero-order chi connectivity index (χ0) is 16.4. The fourth-order valence-corrected chi connectivity index (χ4v) is 4.04. The van der Waals surface area contributed by atoms with Crippen molar-refractivity contribution in [3.63, 3.8) is 0 Å². The van der Waals surface area contributed by atoms with Crippen LogP contribution in [0.5, 0.6) is 0 Å². The topological polar surface area (TPSA) is 73.5 Å². The van der Waals surface area contributed by atoms with Crippen molar-refractivity contribution in [3.8, 4) is 0 Å². The lowest BCUT2D eigenvalue weighted by atomic mass is 10.2. The first-order chi connectivity index (χ1) is 10.2. The van der Waals surface area contributed by atoms with Crippen molar-refractivity contribution < 1.29 is 26.2 Å². The second-order valence-corrected chi connectivity index (χ2v) is 7.75. The normalized spacial score (nSPS) is 26.6. The number of hydrazine groups is 3. The minimum atomic E-state index is -5.36. The molecule has 1 atom stereocenters. The molecule has 2 saturated heterocycles. The first kappa shape index (κ1) is 17.9. The third kappa shape index (κ3) is 3.24. The molecular weight excluding hydrogens is 323 g/mol. The molecule has 11 heteroatoms. The Morgan fingerprint density at radius 3 is 2.41 bits per heavy atom. The lowest BCUT2D eigenvalue weighted by Gasteiger charge is -2.41. The number of nitrogens with one attached hydrogen (secondary N) is 3. The molecule has 0 aromatic carbocycles. The number of halogens is 3. The molecule has 0 aliphatic carbocycles. The summed E-state index contributed by atoms with van der Waals surface area (Å²) in [7, 11) is -5.36. The highest BCUT2D eigenvalue weighted by atomic mass is 32.2. The molecule has 3 N–H and O–H groups in total. The van der Waals surface area contributed by atoms with E-state index in [4.69, 9.17) is 0 Å². The first-order valence-electron chi connectivity index (χ1n) is 7.47. The van der Waals surface area contributed by atoms with Crippen LogP contribution in [0.15, 0.2) is 0 Å². The molecule has 2 heterocycles. The van der Waals surface area contributed by atoms with Gasteiger partial charge in [0.2, 0.25) is 0 Å². The van der Waals surface area contributed by atoms with Gasteiger partial charge in [-0.2, -0.15) is 18.7 Å². The van der Waals surface area contributed by atoms with Crippen LogP contribution >= 0.6 is 0 Å². The number of hydrogen-bond acceptors (Lipinski definition) is 6. The molecule has 2 rings (SSSR count). The Kier molecular flexibility index (Phi) is 5.34. The molecule has 0 radical (unpaired) electrons. The molecule has 0 saturated carbocycles. The maximum atomic E-state index is 12.9. The van der Waals surface area contributed by atoms with Gasteiger partial charge in [-0.25, -0.2) is 18.4 Å². The zero-order valence-electron chi connectivity index (χ0n) is 12.5. The predicted octanol–water partition coefficient (Wildman–Crippen LogP) is 0.750. The van der Waals surface area contributed by atoms with Crippen LogP contribution in [-0.2, 0) is 9.84 Å². The maximum absolute atomic E-state index is 12.9. The van der Waals surface area contributed by atoms with E-state index in [2.05, 4.69) is 16.5 Å². The SMILES string of the molecule is CCCCC[N+]1(N2NNNC2S(=O)(=O)C(F)(F)F)CCCC1. The molecule has 0 bridgehead atoms. The van der Waals surface area contributed by atoms with E-state index in [1.54, 1.807) is 0 Å². The fraction of sp³-hybridized carbons (Fsp3) is 1.00. The average Bonchev–Trinajstić information content (AvgIpc) is 3.07. The Balaban J connectivity index is 2.23. The van der Waals surface area contributed by atoms with Crippen LogP contribution in [0.4, 0.5) is 13.2 Å². The number of quaternary nitrogens is 1. The minimum Gasteiger partial charge on any atom is -0.225 e. The molecule has 2 aliphatic heterocycles. The molecule has 0 aromatic rings. The Morgan fingerprint density at radius 2 is 1.86 bits per heavy atom. The van der Waals surface area contributed by atoms with Gasteiger partial charge in [-0.05, 0) is 18.0 Å². The Labute approximate surface area is 128 Å². The summed E-state index contributed by atoms with van der Waals surface area (Å²) in [5.74, 6) is 0. The van der Waals surface area contributed by atoms with Crippen molar-refractivity contribution >= 4 is 9.84 Å². The molecule has 130 valence electrons. The summed E-state index contributed by atoms with van der Waals surface area (Å²) >= 11 is 0. The van der Waals surface area contributed by atoms with Gasteiger partial charge in [-0.3, -0.25) is 0 Å². The highest BCUT2D eigenvalue weighted by Gasteiger charge is 2.59. The second kappa shape index (κ2) is 6.57. The summed E-state index contributed by atoms with van der Waals surface area (Å²) in [5, 5.41) is 1.17. The zero-order valence-corrected chi connectivity index (χ0v) is 13.3. The summed E-state index contributed by atoms with van der Waals surface area (Å²) in [6, 6.07) is 0. The summed E-state index contributed by atoms with van der Waals surface area (Å²) in [6.45, 7) is 3.92. The van der Waals surface area contributed by atoms with Crippen LogP contribution in [0.25, 0.3) is 0 Å². The van der Waals surface area contributed by atoms with Gasteiger partial charge in [-0.15, -0.1) is 5.53 Å². The molecule has 2 fully saturated rings.